The van der Waals surface area contributed by atoms with Crippen molar-refractivity contribution >= 4 is 17.1 Å². The Bertz CT molecular complexity index is 1190. The molecule has 1 aromatic carbocycles. The summed E-state index contributed by atoms with van der Waals surface area (Å²) >= 11 is 0. The summed E-state index contributed by atoms with van der Waals surface area (Å²) in [5.41, 5.74) is 10.3. The van der Waals surface area contributed by atoms with Crippen LogP contribution in [0, 0.1) is 0 Å². The Morgan fingerprint density at radius 2 is 2.06 bits per heavy atom. The molecule has 0 saturated heterocycles. The molecule has 180 valence electrons. The first-order chi connectivity index (χ1) is 16.3. The topological polar surface area (TPSA) is 86.3 Å². The Morgan fingerprint density at radius 3 is 2.82 bits per heavy atom. The maximum atomic E-state index is 13.3. The smallest absolute Gasteiger partial charge is 0.420 e. The van der Waals surface area contributed by atoms with E-state index < -0.39 is 11.7 Å². The fourth-order valence-electron chi connectivity index (χ4n) is 4.47. The van der Waals surface area contributed by atoms with Gasteiger partial charge in [-0.2, -0.15) is 0 Å². The van der Waals surface area contributed by atoms with Crippen molar-refractivity contribution in [3.05, 3.63) is 71.3 Å². The summed E-state index contributed by atoms with van der Waals surface area (Å²) in [6.45, 7) is 9.37. The zero-order chi connectivity index (χ0) is 24.3. The molecule has 0 radical (unpaired) electrons. The van der Waals surface area contributed by atoms with E-state index in [4.69, 9.17) is 20.4 Å². The quantitative estimate of drug-likeness (QED) is 0.520. The van der Waals surface area contributed by atoms with Crippen molar-refractivity contribution in [1.29, 1.82) is 0 Å². The Morgan fingerprint density at radius 1 is 1.26 bits per heavy atom. The number of para-hydroxylation sites is 2. The number of nitrogens with two attached hydrogens (primary N) is 1. The molecule has 3 aromatic rings. The highest BCUT2D eigenvalue weighted by atomic mass is 16.6. The Labute approximate surface area is 201 Å². The molecule has 0 amide bonds. The number of rotatable bonds is 6. The number of hydrogen-bond acceptors (Lipinski definition) is 6. The highest BCUT2D eigenvalue weighted by Gasteiger charge is 2.30. The van der Waals surface area contributed by atoms with Gasteiger partial charge in [0.15, 0.2) is 0 Å². The standard InChI is InChI=1S/C27H35N5O2/c1-19(17-28)14-16-31(23-13-7-9-20-10-8-15-29-25(20)23)18-24-30-21-11-5-6-12-22(21)32(24)26(33)34-27(2,3)4/h5-6,8,10-12,14-15,23H,7,9,13,16-18,28H2,1-4H3/b19-14-. The third kappa shape index (κ3) is 5.37. The monoisotopic (exact) mass is 461 g/mol. The van der Waals surface area contributed by atoms with Crippen LogP contribution >= 0.6 is 0 Å². The molecule has 2 N–H and O–H groups in total. The number of fused-ring (bicyclic) bond motifs is 2. The molecule has 1 aliphatic rings. The van der Waals surface area contributed by atoms with E-state index in [1.54, 1.807) is 4.57 Å². The van der Waals surface area contributed by atoms with Crippen molar-refractivity contribution < 1.29 is 9.53 Å². The second kappa shape index (κ2) is 10.1. The normalized spacial score (nSPS) is 16.6. The van der Waals surface area contributed by atoms with E-state index in [1.165, 1.54) is 5.56 Å². The molecule has 0 fully saturated rings. The second-order valence-corrected chi connectivity index (χ2v) is 9.97. The molecule has 7 heteroatoms. The van der Waals surface area contributed by atoms with Gasteiger partial charge in [-0.25, -0.2) is 14.3 Å². The van der Waals surface area contributed by atoms with Crippen molar-refractivity contribution in [1.82, 2.24) is 19.4 Å². The summed E-state index contributed by atoms with van der Waals surface area (Å²) in [5, 5.41) is 0. The molecule has 1 aliphatic carbocycles. The van der Waals surface area contributed by atoms with Crippen LogP contribution in [-0.2, 0) is 17.7 Å². The number of hydrogen-bond donors (Lipinski definition) is 1. The minimum atomic E-state index is -0.605. The first-order valence-electron chi connectivity index (χ1n) is 12.0. The second-order valence-electron chi connectivity index (χ2n) is 9.97. The number of benzene rings is 1. The first-order valence-corrected chi connectivity index (χ1v) is 12.0. The lowest BCUT2D eigenvalue weighted by atomic mass is 9.90. The predicted molar refractivity (Wildman–Crippen MR) is 135 cm³/mol. The molecular weight excluding hydrogens is 426 g/mol. The minimum absolute atomic E-state index is 0.138. The summed E-state index contributed by atoms with van der Waals surface area (Å²) in [5.74, 6) is 0.664. The van der Waals surface area contributed by atoms with Gasteiger partial charge in [-0.3, -0.25) is 9.88 Å². The van der Waals surface area contributed by atoms with Gasteiger partial charge in [-0.1, -0.05) is 29.8 Å². The lowest BCUT2D eigenvalue weighted by Gasteiger charge is -2.34. The Kier molecular flexibility index (Phi) is 7.14. The van der Waals surface area contributed by atoms with E-state index in [9.17, 15) is 4.79 Å². The predicted octanol–water partition coefficient (Wildman–Crippen LogP) is 5.00. The fraction of sp³-hybridized carbons (Fsp3) is 0.444. The van der Waals surface area contributed by atoms with E-state index >= 15 is 0 Å². The van der Waals surface area contributed by atoms with E-state index in [1.807, 2.05) is 64.2 Å². The Balaban J connectivity index is 1.75. The van der Waals surface area contributed by atoms with Crippen molar-refractivity contribution in [2.24, 2.45) is 5.73 Å². The lowest BCUT2D eigenvalue weighted by molar-refractivity contribution is 0.0532. The van der Waals surface area contributed by atoms with E-state index in [0.717, 1.165) is 41.6 Å². The summed E-state index contributed by atoms with van der Waals surface area (Å²) in [4.78, 5) is 25.2. The number of imidazole rings is 1. The van der Waals surface area contributed by atoms with Crippen LogP contribution in [0.5, 0.6) is 0 Å². The van der Waals surface area contributed by atoms with Gasteiger partial charge >= 0.3 is 6.09 Å². The third-order valence-electron chi connectivity index (χ3n) is 6.15. The van der Waals surface area contributed by atoms with Crippen molar-refractivity contribution in [3.8, 4) is 0 Å². The van der Waals surface area contributed by atoms with Gasteiger partial charge in [-0.15, -0.1) is 0 Å². The van der Waals surface area contributed by atoms with Gasteiger partial charge in [-0.05, 0) is 70.7 Å². The molecule has 0 saturated carbocycles. The van der Waals surface area contributed by atoms with Crippen LogP contribution in [0.1, 0.15) is 63.7 Å². The maximum Gasteiger partial charge on any atom is 0.420 e. The molecule has 34 heavy (non-hydrogen) atoms. The Hall–Kier alpha value is -3.03. The number of carbonyl (C=O) groups excluding carboxylic acids is 1. The third-order valence-corrected chi connectivity index (χ3v) is 6.15. The number of nitrogens with zero attached hydrogens (tertiary/aromatic N) is 4. The zero-order valence-electron chi connectivity index (χ0n) is 20.6. The van der Waals surface area contributed by atoms with Crippen LogP contribution < -0.4 is 5.73 Å². The summed E-state index contributed by atoms with van der Waals surface area (Å²) in [6.07, 6.45) is 6.77. The molecule has 2 heterocycles. The minimum Gasteiger partial charge on any atom is -0.443 e. The summed E-state index contributed by atoms with van der Waals surface area (Å²) in [7, 11) is 0. The molecule has 0 bridgehead atoms. The number of aromatic nitrogens is 3. The highest BCUT2D eigenvalue weighted by molar-refractivity contribution is 5.87. The van der Waals surface area contributed by atoms with E-state index in [-0.39, 0.29) is 6.04 Å². The molecule has 7 nitrogen and oxygen atoms in total. The first kappa shape index (κ1) is 24.1. The van der Waals surface area contributed by atoms with Gasteiger partial charge in [0, 0.05) is 19.3 Å². The molecule has 2 aromatic heterocycles. The van der Waals surface area contributed by atoms with Crippen molar-refractivity contribution in [2.75, 3.05) is 13.1 Å². The van der Waals surface area contributed by atoms with Gasteiger partial charge < -0.3 is 10.5 Å². The summed E-state index contributed by atoms with van der Waals surface area (Å²) < 4.78 is 7.37. The van der Waals surface area contributed by atoms with Crippen LogP contribution in [0.15, 0.2) is 54.2 Å². The van der Waals surface area contributed by atoms with Crippen LogP contribution in [0.25, 0.3) is 11.0 Å². The van der Waals surface area contributed by atoms with Crippen LogP contribution in [0.4, 0.5) is 4.79 Å². The zero-order valence-corrected chi connectivity index (χ0v) is 20.6. The molecule has 0 spiro atoms. The number of pyridine rings is 1. The molecule has 1 atom stereocenters. The van der Waals surface area contributed by atoms with Crippen LogP contribution in [0.2, 0.25) is 0 Å². The molecule has 1 unspecified atom stereocenters. The SMILES string of the molecule is C/C(=C/CN(Cc1nc2ccccc2n1C(=O)OC(C)(C)C)C1CCCc2cccnc21)CN. The van der Waals surface area contributed by atoms with E-state index in [0.29, 0.717) is 25.5 Å². The van der Waals surface area contributed by atoms with Crippen LogP contribution in [-0.4, -0.2) is 44.2 Å². The highest BCUT2D eigenvalue weighted by Crippen LogP contribution is 2.34. The van der Waals surface area contributed by atoms with Crippen molar-refractivity contribution in [2.45, 2.75) is 65.1 Å². The average molecular weight is 462 g/mol. The van der Waals surface area contributed by atoms with Gasteiger partial charge in [0.1, 0.15) is 11.4 Å². The lowest BCUT2D eigenvalue weighted by Crippen LogP contribution is -2.34. The molecular formula is C27H35N5O2. The maximum absolute atomic E-state index is 13.3. The fourth-order valence-corrected chi connectivity index (χ4v) is 4.47. The number of aryl methyl sites for hydroxylation is 1. The molecule has 0 aliphatic heterocycles. The number of ether oxygens (including phenoxy) is 1. The van der Waals surface area contributed by atoms with Gasteiger partial charge in [0.2, 0.25) is 0 Å². The largest absolute Gasteiger partial charge is 0.443 e. The number of carbonyl (C=O) groups is 1. The van der Waals surface area contributed by atoms with E-state index in [2.05, 4.69) is 17.0 Å². The van der Waals surface area contributed by atoms with Crippen LogP contribution in [0.3, 0.4) is 0 Å². The summed E-state index contributed by atoms with van der Waals surface area (Å²) in [6, 6.07) is 12.0. The van der Waals surface area contributed by atoms with Gasteiger partial charge in [0.05, 0.1) is 29.3 Å². The average Bonchev–Trinajstić information content (AvgIpc) is 3.18. The van der Waals surface area contributed by atoms with Gasteiger partial charge in [0.25, 0.3) is 0 Å². The molecule has 4 rings (SSSR count). The van der Waals surface area contributed by atoms with Crippen molar-refractivity contribution in [3.63, 3.8) is 0 Å².